The molecule has 0 bridgehead atoms. The maximum absolute atomic E-state index is 10.0. The third-order valence-corrected chi connectivity index (χ3v) is 2.21. The maximum atomic E-state index is 10.0. The van der Waals surface area contributed by atoms with E-state index in [1.54, 1.807) is 20.2 Å². The maximum Gasteiger partial charge on any atom is 0.173 e. The first-order chi connectivity index (χ1) is 8.15. The number of phenolic OH excluding ortho intramolecular Hbond substituents is 1. The van der Waals surface area contributed by atoms with E-state index in [2.05, 4.69) is 25.8 Å². The van der Waals surface area contributed by atoms with Crippen LogP contribution in [0.15, 0.2) is 26.5 Å². The Balaban J connectivity index is 3.46. The van der Waals surface area contributed by atoms with Crippen LogP contribution in [-0.2, 0) is 0 Å². The first kappa shape index (κ1) is 13.1. The Kier molecular flexibility index (Phi) is 4.56. The lowest BCUT2D eigenvalue weighted by atomic mass is 10.1. The molecule has 6 nitrogen and oxygen atoms in total. The summed E-state index contributed by atoms with van der Waals surface area (Å²) < 4.78 is 0. The highest BCUT2D eigenvalue weighted by atomic mass is 16.3. The van der Waals surface area contributed by atoms with Gasteiger partial charge in [-0.15, -0.1) is 0 Å². The molecule has 0 unspecified atom stereocenters. The molecule has 0 amide bonds. The first-order valence-corrected chi connectivity index (χ1v) is 5.35. The number of aryl methyl sites for hydroxylation is 1. The summed E-state index contributed by atoms with van der Waals surface area (Å²) in [5.74, 6) is -0.0113. The lowest BCUT2D eigenvalue weighted by Crippen LogP contribution is -1.99. The van der Waals surface area contributed by atoms with Gasteiger partial charge in [-0.3, -0.25) is 0 Å². The van der Waals surface area contributed by atoms with Gasteiger partial charge in [0.1, 0.15) is 5.69 Å². The third-order valence-electron chi connectivity index (χ3n) is 2.21. The molecule has 0 aliphatic heterocycles. The molecule has 1 rings (SSSR count). The van der Waals surface area contributed by atoms with Crippen molar-refractivity contribution in [3.63, 3.8) is 0 Å². The van der Waals surface area contributed by atoms with Gasteiger partial charge >= 0.3 is 0 Å². The number of hydrogen-bond donors (Lipinski definition) is 2. The van der Waals surface area contributed by atoms with Gasteiger partial charge in [0, 0.05) is 20.6 Å². The Hall–Kier alpha value is -1.98. The van der Waals surface area contributed by atoms with Gasteiger partial charge in [0.05, 0.1) is 5.69 Å². The van der Waals surface area contributed by atoms with Crippen molar-refractivity contribution in [2.45, 2.75) is 13.8 Å². The number of phenols is 1. The summed E-state index contributed by atoms with van der Waals surface area (Å²) in [4.78, 5) is 0. The number of nitrogens with one attached hydrogen (secondary N) is 1. The van der Waals surface area contributed by atoms with E-state index in [9.17, 15) is 5.11 Å². The lowest BCUT2D eigenvalue weighted by molar-refractivity contribution is 0.477. The van der Waals surface area contributed by atoms with Crippen LogP contribution in [0.5, 0.6) is 5.75 Å². The molecule has 1 aromatic rings. The molecule has 6 heteroatoms. The quantitative estimate of drug-likeness (QED) is 0.782. The van der Waals surface area contributed by atoms with Crippen LogP contribution in [0.4, 0.5) is 17.1 Å². The smallest absolute Gasteiger partial charge is 0.173 e. The summed E-state index contributed by atoms with van der Waals surface area (Å²) in [6, 6.07) is 1.76. The van der Waals surface area contributed by atoms with Gasteiger partial charge < -0.3 is 10.4 Å². The number of anilines is 1. The van der Waals surface area contributed by atoms with Gasteiger partial charge in [0.2, 0.25) is 0 Å². The molecule has 0 saturated carbocycles. The van der Waals surface area contributed by atoms with E-state index < -0.39 is 0 Å². The minimum atomic E-state index is -0.0113. The zero-order chi connectivity index (χ0) is 12.8. The average molecular weight is 235 g/mol. The molecule has 17 heavy (non-hydrogen) atoms. The van der Waals surface area contributed by atoms with Crippen molar-refractivity contribution in [1.29, 1.82) is 0 Å². The van der Waals surface area contributed by atoms with Crippen LogP contribution < -0.4 is 5.32 Å². The predicted octanol–water partition coefficient (Wildman–Crippen LogP) is 3.56. The number of benzene rings is 1. The molecule has 0 aliphatic carbocycles. The molecule has 0 atom stereocenters. The summed E-state index contributed by atoms with van der Waals surface area (Å²) in [7, 11) is 3.10. The van der Waals surface area contributed by atoms with Crippen LogP contribution in [-0.4, -0.2) is 25.7 Å². The van der Waals surface area contributed by atoms with E-state index in [0.29, 0.717) is 11.4 Å². The summed E-state index contributed by atoms with van der Waals surface area (Å²) >= 11 is 0. The van der Waals surface area contributed by atoms with E-state index in [4.69, 9.17) is 0 Å². The summed E-state index contributed by atoms with van der Waals surface area (Å²) in [6.07, 6.45) is 0. The predicted molar refractivity (Wildman–Crippen MR) is 67.9 cm³/mol. The van der Waals surface area contributed by atoms with Crippen LogP contribution in [0.1, 0.15) is 12.5 Å². The second-order valence-corrected chi connectivity index (χ2v) is 3.42. The fourth-order valence-electron chi connectivity index (χ4n) is 1.55. The Morgan fingerprint density at radius 3 is 2.41 bits per heavy atom. The SMILES string of the molecule is CCNc1c(C)cc(N=NC)c(O)c1N=NC. The van der Waals surface area contributed by atoms with Crippen molar-refractivity contribution < 1.29 is 5.11 Å². The van der Waals surface area contributed by atoms with Crippen molar-refractivity contribution in [2.75, 3.05) is 26.0 Å². The summed E-state index contributed by atoms with van der Waals surface area (Å²) in [5.41, 5.74) is 2.51. The second-order valence-electron chi connectivity index (χ2n) is 3.42. The largest absolute Gasteiger partial charge is 0.504 e. The van der Waals surface area contributed by atoms with E-state index in [1.807, 2.05) is 13.8 Å². The van der Waals surface area contributed by atoms with Crippen molar-refractivity contribution in [3.8, 4) is 5.75 Å². The van der Waals surface area contributed by atoms with Gasteiger partial charge in [-0.1, -0.05) is 0 Å². The second kappa shape index (κ2) is 5.93. The van der Waals surface area contributed by atoms with Crippen LogP contribution in [0.25, 0.3) is 0 Å². The molecule has 0 aromatic heterocycles. The summed E-state index contributed by atoms with van der Waals surface area (Å²) in [6.45, 7) is 4.63. The Bertz CT molecular complexity index is 454. The van der Waals surface area contributed by atoms with Gasteiger partial charge in [-0.05, 0) is 25.5 Å². The molecular weight excluding hydrogens is 218 g/mol. The molecule has 92 valence electrons. The number of nitrogens with zero attached hydrogens (tertiary/aromatic N) is 4. The van der Waals surface area contributed by atoms with Crippen LogP contribution in [0, 0.1) is 6.92 Å². The Labute approximate surface area is 100 Å². The highest BCUT2D eigenvalue weighted by Gasteiger charge is 2.15. The molecule has 0 aliphatic rings. The molecule has 0 saturated heterocycles. The van der Waals surface area contributed by atoms with E-state index >= 15 is 0 Å². The van der Waals surface area contributed by atoms with Crippen molar-refractivity contribution in [1.82, 2.24) is 0 Å². The van der Waals surface area contributed by atoms with Crippen LogP contribution >= 0.6 is 0 Å². The van der Waals surface area contributed by atoms with E-state index in [-0.39, 0.29) is 5.75 Å². The van der Waals surface area contributed by atoms with Gasteiger partial charge in [0.15, 0.2) is 11.4 Å². The normalized spacial score (nSPS) is 11.5. The first-order valence-electron chi connectivity index (χ1n) is 5.35. The Morgan fingerprint density at radius 2 is 1.88 bits per heavy atom. The number of hydrogen-bond acceptors (Lipinski definition) is 6. The molecular formula is C11H17N5O. The lowest BCUT2D eigenvalue weighted by Gasteiger charge is -2.12. The number of azo groups is 2. The van der Waals surface area contributed by atoms with Crippen molar-refractivity contribution >= 4 is 17.1 Å². The van der Waals surface area contributed by atoms with Crippen molar-refractivity contribution in [3.05, 3.63) is 11.6 Å². The topological polar surface area (TPSA) is 81.7 Å². The zero-order valence-electron chi connectivity index (χ0n) is 10.5. The minimum absolute atomic E-state index is 0.0113. The van der Waals surface area contributed by atoms with E-state index in [1.165, 1.54) is 0 Å². The Morgan fingerprint density at radius 1 is 1.24 bits per heavy atom. The van der Waals surface area contributed by atoms with Gasteiger partial charge in [0.25, 0.3) is 0 Å². The zero-order valence-corrected chi connectivity index (χ0v) is 10.5. The number of rotatable bonds is 4. The molecule has 0 radical (unpaired) electrons. The van der Waals surface area contributed by atoms with Gasteiger partial charge in [-0.25, -0.2) is 0 Å². The highest BCUT2D eigenvalue weighted by Crippen LogP contribution is 2.44. The molecule has 0 fully saturated rings. The fraction of sp³-hybridized carbons (Fsp3) is 0.455. The summed E-state index contributed by atoms with van der Waals surface area (Å²) in [5, 5.41) is 28.3. The van der Waals surface area contributed by atoms with Crippen LogP contribution in [0.2, 0.25) is 0 Å². The molecule has 0 spiro atoms. The molecule has 2 N–H and O–H groups in total. The fourth-order valence-corrected chi connectivity index (χ4v) is 1.55. The van der Waals surface area contributed by atoms with E-state index in [0.717, 1.165) is 17.8 Å². The standard InChI is InChI=1S/C11H17N5O/c1-5-14-9-7(2)6-8(15-12-3)11(17)10(9)16-13-4/h6,14,17H,5H2,1-4H3. The average Bonchev–Trinajstić information content (AvgIpc) is 2.30. The number of aromatic hydroxyl groups is 1. The highest BCUT2D eigenvalue weighted by molar-refractivity contribution is 5.81. The monoisotopic (exact) mass is 235 g/mol. The van der Waals surface area contributed by atoms with Crippen molar-refractivity contribution in [2.24, 2.45) is 20.5 Å². The molecule has 1 aromatic carbocycles. The van der Waals surface area contributed by atoms with Crippen LogP contribution in [0.3, 0.4) is 0 Å². The third kappa shape index (κ3) is 2.77. The molecule has 0 heterocycles. The minimum Gasteiger partial charge on any atom is -0.504 e. The van der Waals surface area contributed by atoms with Gasteiger partial charge in [-0.2, -0.15) is 20.5 Å².